The highest BCUT2D eigenvalue weighted by Crippen LogP contribution is 2.36. The number of hydrogen-bond acceptors (Lipinski definition) is 3. The molecule has 120 valence electrons. The van der Waals surface area contributed by atoms with E-state index in [0.29, 0.717) is 18.1 Å². The van der Waals surface area contributed by atoms with Crippen molar-refractivity contribution in [3.63, 3.8) is 0 Å². The van der Waals surface area contributed by atoms with Gasteiger partial charge in [-0.2, -0.15) is 0 Å². The highest BCUT2D eigenvalue weighted by Gasteiger charge is 2.42. The van der Waals surface area contributed by atoms with Gasteiger partial charge in [0, 0.05) is 18.4 Å². The normalized spacial score (nSPS) is 29.6. The van der Waals surface area contributed by atoms with Crippen LogP contribution in [-0.2, 0) is 17.8 Å². The molecule has 2 aromatic rings. The zero-order valence-corrected chi connectivity index (χ0v) is 13.5. The Balaban J connectivity index is 1.48. The fraction of sp³-hybridized carbons (Fsp3) is 0.450. The van der Waals surface area contributed by atoms with Crippen LogP contribution >= 0.6 is 0 Å². The third-order valence-corrected chi connectivity index (χ3v) is 5.34. The highest BCUT2D eigenvalue weighted by atomic mass is 16.5. The minimum Gasteiger partial charge on any atom is -0.372 e. The van der Waals surface area contributed by atoms with Crippen molar-refractivity contribution < 1.29 is 4.74 Å². The van der Waals surface area contributed by atoms with Crippen LogP contribution in [0.4, 0.5) is 0 Å². The minimum absolute atomic E-state index is 0.345. The molecule has 3 fully saturated rings. The van der Waals surface area contributed by atoms with Gasteiger partial charge in [0.2, 0.25) is 0 Å². The number of aromatic nitrogens is 1. The van der Waals surface area contributed by atoms with Crippen LogP contribution in [0.5, 0.6) is 0 Å². The molecule has 0 saturated carbocycles. The molecule has 0 spiro atoms. The Bertz CT molecular complexity index is 608. The van der Waals surface area contributed by atoms with Gasteiger partial charge in [0.1, 0.15) is 0 Å². The van der Waals surface area contributed by atoms with E-state index in [0.717, 1.165) is 13.0 Å². The summed E-state index contributed by atoms with van der Waals surface area (Å²) in [7, 11) is 0. The van der Waals surface area contributed by atoms with E-state index < -0.39 is 0 Å². The molecule has 0 aliphatic carbocycles. The third kappa shape index (κ3) is 3.31. The Morgan fingerprint density at radius 1 is 1.00 bits per heavy atom. The van der Waals surface area contributed by atoms with Crippen LogP contribution in [-0.4, -0.2) is 35.1 Å². The summed E-state index contributed by atoms with van der Waals surface area (Å²) in [6.45, 7) is 3.17. The van der Waals surface area contributed by atoms with Gasteiger partial charge in [0.25, 0.3) is 0 Å². The highest BCUT2D eigenvalue weighted by molar-refractivity contribution is 5.15. The smallest absolute Gasteiger partial charge is 0.0767 e. The first-order valence-corrected chi connectivity index (χ1v) is 8.68. The average molecular weight is 308 g/mol. The van der Waals surface area contributed by atoms with Gasteiger partial charge in [0.15, 0.2) is 0 Å². The number of hydrogen-bond donors (Lipinski definition) is 0. The molecule has 3 nitrogen and oxygen atoms in total. The van der Waals surface area contributed by atoms with Gasteiger partial charge in [-0.15, -0.1) is 0 Å². The number of piperidine rings is 3. The molecule has 0 amide bonds. The van der Waals surface area contributed by atoms with E-state index >= 15 is 0 Å². The standard InChI is InChI=1S/C20H24N2O/c1-2-5-16(6-3-1)15-23-20-18-8-11-22(12-9-18)19(20)13-17-7-4-10-21-14-17/h1-7,10,14,18-20H,8-9,11-13,15H2. The maximum atomic E-state index is 6.43. The molecule has 3 aliphatic rings. The molecule has 3 saturated heterocycles. The van der Waals surface area contributed by atoms with Crippen molar-refractivity contribution in [3.8, 4) is 0 Å². The van der Waals surface area contributed by atoms with E-state index in [1.54, 1.807) is 0 Å². The lowest BCUT2D eigenvalue weighted by Gasteiger charge is -2.50. The van der Waals surface area contributed by atoms with Crippen molar-refractivity contribution in [2.24, 2.45) is 5.92 Å². The molecule has 0 radical (unpaired) electrons. The van der Waals surface area contributed by atoms with Crippen LogP contribution in [0.1, 0.15) is 24.0 Å². The van der Waals surface area contributed by atoms with Crippen LogP contribution in [0.2, 0.25) is 0 Å². The number of benzene rings is 1. The maximum absolute atomic E-state index is 6.43. The van der Waals surface area contributed by atoms with E-state index in [-0.39, 0.29) is 0 Å². The number of rotatable bonds is 5. The van der Waals surface area contributed by atoms with Crippen molar-refractivity contribution in [1.29, 1.82) is 0 Å². The fourth-order valence-electron chi connectivity index (χ4n) is 4.12. The molecule has 3 aliphatic heterocycles. The van der Waals surface area contributed by atoms with Crippen LogP contribution in [0.25, 0.3) is 0 Å². The van der Waals surface area contributed by atoms with Crippen molar-refractivity contribution in [2.45, 2.75) is 38.0 Å². The number of ether oxygens (including phenoxy) is 1. The van der Waals surface area contributed by atoms with Gasteiger partial charge >= 0.3 is 0 Å². The second-order valence-electron chi connectivity index (χ2n) is 6.77. The topological polar surface area (TPSA) is 25.4 Å². The summed E-state index contributed by atoms with van der Waals surface area (Å²) in [5, 5.41) is 0. The molecule has 0 N–H and O–H groups in total. The van der Waals surface area contributed by atoms with E-state index in [1.165, 1.54) is 37.1 Å². The van der Waals surface area contributed by atoms with Gasteiger partial charge in [-0.1, -0.05) is 36.4 Å². The quantitative estimate of drug-likeness (QED) is 0.847. The number of pyridine rings is 1. The predicted octanol–water partition coefficient (Wildman–Crippen LogP) is 3.30. The Labute approximate surface area is 138 Å². The summed E-state index contributed by atoms with van der Waals surface area (Å²) in [6, 6.07) is 15.2. The molecular formula is C20H24N2O. The van der Waals surface area contributed by atoms with Gasteiger partial charge in [-0.25, -0.2) is 0 Å². The lowest BCUT2D eigenvalue weighted by molar-refractivity contribution is -0.115. The van der Waals surface area contributed by atoms with Crippen molar-refractivity contribution in [3.05, 3.63) is 66.0 Å². The second kappa shape index (κ2) is 6.81. The zero-order valence-electron chi connectivity index (χ0n) is 13.5. The summed E-state index contributed by atoms with van der Waals surface area (Å²) in [5.74, 6) is 0.713. The maximum Gasteiger partial charge on any atom is 0.0767 e. The molecule has 5 rings (SSSR count). The SMILES string of the molecule is c1ccc(COC2C3CCN(CC3)C2Cc2cccnc2)cc1. The van der Waals surface area contributed by atoms with Crippen LogP contribution < -0.4 is 0 Å². The number of nitrogens with zero attached hydrogens (tertiary/aromatic N) is 2. The minimum atomic E-state index is 0.345. The summed E-state index contributed by atoms with van der Waals surface area (Å²) < 4.78 is 6.43. The first-order valence-electron chi connectivity index (χ1n) is 8.68. The zero-order chi connectivity index (χ0) is 15.5. The van der Waals surface area contributed by atoms with E-state index in [9.17, 15) is 0 Å². The predicted molar refractivity (Wildman–Crippen MR) is 91.0 cm³/mol. The van der Waals surface area contributed by atoms with Crippen molar-refractivity contribution in [2.75, 3.05) is 13.1 Å². The van der Waals surface area contributed by atoms with Crippen LogP contribution in [0.15, 0.2) is 54.9 Å². The molecule has 3 heteroatoms. The van der Waals surface area contributed by atoms with Crippen LogP contribution in [0.3, 0.4) is 0 Å². The van der Waals surface area contributed by atoms with E-state index in [1.807, 2.05) is 18.5 Å². The third-order valence-electron chi connectivity index (χ3n) is 5.34. The lowest BCUT2D eigenvalue weighted by atomic mass is 9.78. The van der Waals surface area contributed by atoms with Gasteiger partial charge in [-0.05, 0) is 55.5 Å². The Morgan fingerprint density at radius 2 is 1.78 bits per heavy atom. The molecular weight excluding hydrogens is 284 g/mol. The summed E-state index contributed by atoms with van der Waals surface area (Å²) in [6.07, 6.45) is 7.80. The molecule has 2 unspecified atom stereocenters. The Hall–Kier alpha value is -1.71. The molecule has 1 aromatic heterocycles. The Morgan fingerprint density at radius 3 is 2.52 bits per heavy atom. The molecule has 2 bridgehead atoms. The largest absolute Gasteiger partial charge is 0.372 e. The monoisotopic (exact) mass is 308 g/mol. The van der Waals surface area contributed by atoms with E-state index in [2.05, 4.69) is 46.3 Å². The van der Waals surface area contributed by atoms with Crippen LogP contribution in [0, 0.1) is 5.92 Å². The fourth-order valence-corrected chi connectivity index (χ4v) is 4.12. The molecule has 4 heterocycles. The first-order chi connectivity index (χ1) is 11.4. The molecule has 23 heavy (non-hydrogen) atoms. The first kappa shape index (κ1) is 14.9. The van der Waals surface area contributed by atoms with Crippen molar-refractivity contribution >= 4 is 0 Å². The second-order valence-corrected chi connectivity index (χ2v) is 6.77. The average Bonchev–Trinajstić information content (AvgIpc) is 2.63. The van der Waals surface area contributed by atoms with Gasteiger partial charge < -0.3 is 4.74 Å². The molecule has 2 atom stereocenters. The number of fused-ring (bicyclic) bond motifs is 3. The van der Waals surface area contributed by atoms with Crippen molar-refractivity contribution in [1.82, 2.24) is 9.88 Å². The van der Waals surface area contributed by atoms with Gasteiger partial charge in [0.05, 0.1) is 12.7 Å². The summed E-state index contributed by atoms with van der Waals surface area (Å²) in [5.41, 5.74) is 2.59. The summed E-state index contributed by atoms with van der Waals surface area (Å²) in [4.78, 5) is 6.90. The van der Waals surface area contributed by atoms with E-state index in [4.69, 9.17) is 4.74 Å². The van der Waals surface area contributed by atoms with Gasteiger partial charge in [-0.3, -0.25) is 9.88 Å². The molecule has 1 aromatic carbocycles. The summed E-state index contributed by atoms with van der Waals surface area (Å²) >= 11 is 0. The lowest BCUT2D eigenvalue weighted by Crippen LogP contribution is -2.59. The Kier molecular flexibility index (Phi) is 4.40.